The van der Waals surface area contributed by atoms with E-state index in [9.17, 15) is 4.79 Å². The minimum absolute atomic E-state index is 0.133. The van der Waals surface area contributed by atoms with Gasteiger partial charge in [0, 0.05) is 60.9 Å². The highest BCUT2D eigenvalue weighted by Crippen LogP contribution is 2.33. The SMILES string of the molecule is Cc1ccc(-c2cccc(-c3ncc(-c4cnn(C5CCC(C(=O)N(C)C)CC5)c4)cn3)c2)nn1. The smallest absolute Gasteiger partial charge is 0.225 e. The maximum Gasteiger partial charge on any atom is 0.225 e. The average molecular weight is 468 g/mol. The van der Waals surface area contributed by atoms with Crippen molar-refractivity contribution in [2.24, 2.45) is 5.92 Å². The third-order valence-corrected chi connectivity index (χ3v) is 6.66. The van der Waals surface area contributed by atoms with E-state index >= 15 is 0 Å². The lowest BCUT2D eigenvalue weighted by Crippen LogP contribution is -2.32. The highest BCUT2D eigenvalue weighted by atomic mass is 16.2. The van der Waals surface area contributed by atoms with Crippen LogP contribution >= 0.6 is 0 Å². The summed E-state index contributed by atoms with van der Waals surface area (Å²) in [6, 6.07) is 12.3. The first-order chi connectivity index (χ1) is 17.0. The molecule has 0 unspecified atom stereocenters. The number of rotatable bonds is 5. The molecule has 8 heteroatoms. The highest BCUT2D eigenvalue weighted by molar-refractivity contribution is 5.78. The standard InChI is InChI=1S/C27H29N7O/c1-18-7-12-25(32-31-18)20-5-4-6-21(13-20)26-28-14-22(15-29-26)23-16-30-34(17-23)24-10-8-19(9-11-24)27(35)33(2)3/h4-7,12-17,19,24H,8-11H2,1-3H3. The predicted octanol–water partition coefficient (Wildman–Crippen LogP) is 4.59. The summed E-state index contributed by atoms with van der Waals surface area (Å²) in [5.74, 6) is 1.03. The highest BCUT2D eigenvalue weighted by Gasteiger charge is 2.28. The predicted molar refractivity (Wildman–Crippen MR) is 134 cm³/mol. The molecule has 5 rings (SSSR count). The van der Waals surface area contributed by atoms with Crippen LogP contribution in [0.15, 0.2) is 61.2 Å². The third kappa shape index (κ3) is 4.96. The summed E-state index contributed by atoms with van der Waals surface area (Å²) < 4.78 is 2.03. The topological polar surface area (TPSA) is 89.7 Å². The fraction of sp³-hybridized carbons (Fsp3) is 0.333. The van der Waals surface area contributed by atoms with Gasteiger partial charge < -0.3 is 4.90 Å². The Morgan fingerprint density at radius 1 is 0.886 bits per heavy atom. The molecule has 8 nitrogen and oxygen atoms in total. The second-order valence-electron chi connectivity index (χ2n) is 9.38. The molecule has 1 aliphatic rings. The maximum absolute atomic E-state index is 12.2. The van der Waals surface area contributed by atoms with Gasteiger partial charge in [-0.2, -0.15) is 15.3 Å². The van der Waals surface area contributed by atoms with Gasteiger partial charge in [0.15, 0.2) is 5.82 Å². The molecule has 0 bridgehead atoms. The Labute approximate surface area is 205 Å². The molecule has 0 aliphatic heterocycles. The maximum atomic E-state index is 12.2. The molecule has 0 atom stereocenters. The number of carbonyl (C=O) groups excluding carboxylic acids is 1. The minimum Gasteiger partial charge on any atom is -0.349 e. The number of benzene rings is 1. The van der Waals surface area contributed by atoms with Crippen molar-refractivity contribution in [1.82, 2.24) is 34.8 Å². The zero-order chi connectivity index (χ0) is 24.4. The van der Waals surface area contributed by atoms with Crippen LogP contribution in [0.2, 0.25) is 0 Å². The average Bonchev–Trinajstić information content (AvgIpc) is 3.39. The fourth-order valence-corrected chi connectivity index (χ4v) is 4.64. The lowest BCUT2D eigenvalue weighted by molar-refractivity contribution is -0.134. The monoisotopic (exact) mass is 467 g/mol. The van der Waals surface area contributed by atoms with E-state index in [1.54, 1.807) is 4.90 Å². The molecule has 35 heavy (non-hydrogen) atoms. The van der Waals surface area contributed by atoms with Gasteiger partial charge in [-0.3, -0.25) is 9.48 Å². The van der Waals surface area contributed by atoms with Crippen LogP contribution in [0.5, 0.6) is 0 Å². The van der Waals surface area contributed by atoms with E-state index in [1.807, 2.05) is 80.7 Å². The second-order valence-corrected chi connectivity index (χ2v) is 9.38. The van der Waals surface area contributed by atoms with Crippen molar-refractivity contribution in [2.45, 2.75) is 38.6 Å². The Kier molecular flexibility index (Phi) is 6.35. The van der Waals surface area contributed by atoms with Crippen molar-refractivity contribution in [3.8, 4) is 33.8 Å². The number of hydrogen-bond donors (Lipinski definition) is 0. The van der Waals surface area contributed by atoms with E-state index in [-0.39, 0.29) is 11.8 Å². The summed E-state index contributed by atoms with van der Waals surface area (Å²) in [5, 5.41) is 13.0. The van der Waals surface area contributed by atoms with E-state index in [1.165, 1.54) is 0 Å². The van der Waals surface area contributed by atoms with Crippen LogP contribution in [-0.2, 0) is 4.79 Å². The van der Waals surface area contributed by atoms with Crippen LogP contribution in [0.25, 0.3) is 33.8 Å². The zero-order valence-corrected chi connectivity index (χ0v) is 20.3. The van der Waals surface area contributed by atoms with Gasteiger partial charge in [0.25, 0.3) is 0 Å². The molecule has 4 aromatic rings. The zero-order valence-electron chi connectivity index (χ0n) is 20.3. The van der Waals surface area contributed by atoms with Crippen molar-refractivity contribution in [3.05, 3.63) is 66.9 Å². The first-order valence-corrected chi connectivity index (χ1v) is 12.0. The Morgan fingerprint density at radius 2 is 1.63 bits per heavy atom. The summed E-state index contributed by atoms with van der Waals surface area (Å²) in [6.07, 6.45) is 11.3. The molecular formula is C27H29N7O. The van der Waals surface area contributed by atoms with Crippen LogP contribution in [0.3, 0.4) is 0 Å². The van der Waals surface area contributed by atoms with Gasteiger partial charge in [-0.1, -0.05) is 18.2 Å². The number of hydrogen-bond acceptors (Lipinski definition) is 6. The van der Waals surface area contributed by atoms with Crippen LogP contribution in [0.1, 0.15) is 37.4 Å². The van der Waals surface area contributed by atoms with Gasteiger partial charge in [0.1, 0.15) is 0 Å². The Hall–Kier alpha value is -3.94. The lowest BCUT2D eigenvalue weighted by Gasteiger charge is -2.29. The number of nitrogens with zero attached hydrogens (tertiary/aromatic N) is 7. The molecule has 0 N–H and O–H groups in total. The van der Waals surface area contributed by atoms with E-state index in [0.717, 1.165) is 59.3 Å². The molecule has 0 saturated heterocycles. The van der Waals surface area contributed by atoms with Gasteiger partial charge in [-0.05, 0) is 50.8 Å². The summed E-state index contributed by atoms with van der Waals surface area (Å²) in [6.45, 7) is 1.92. The summed E-state index contributed by atoms with van der Waals surface area (Å²) in [4.78, 5) is 23.2. The normalized spacial score (nSPS) is 17.8. The summed E-state index contributed by atoms with van der Waals surface area (Å²) >= 11 is 0. The Morgan fingerprint density at radius 3 is 2.31 bits per heavy atom. The van der Waals surface area contributed by atoms with Crippen LogP contribution < -0.4 is 0 Å². The molecule has 1 aliphatic carbocycles. The van der Waals surface area contributed by atoms with Crippen molar-refractivity contribution >= 4 is 5.91 Å². The first kappa shape index (κ1) is 22.8. The molecule has 1 saturated carbocycles. The quantitative estimate of drug-likeness (QED) is 0.426. The van der Waals surface area contributed by atoms with Crippen molar-refractivity contribution in [2.75, 3.05) is 14.1 Å². The Bertz CT molecular complexity index is 1300. The van der Waals surface area contributed by atoms with Gasteiger partial charge in [0.05, 0.1) is 23.6 Å². The van der Waals surface area contributed by atoms with Crippen molar-refractivity contribution in [3.63, 3.8) is 0 Å². The van der Waals surface area contributed by atoms with Gasteiger partial charge >= 0.3 is 0 Å². The van der Waals surface area contributed by atoms with Crippen molar-refractivity contribution < 1.29 is 4.79 Å². The second kappa shape index (κ2) is 9.74. The molecular weight excluding hydrogens is 438 g/mol. The fourth-order valence-electron chi connectivity index (χ4n) is 4.64. The molecule has 0 radical (unpaired) electrons. The number of aryl methyl sites for hydroxylation is 1. The van der Waals surface area contributed by atoms with Crippen molar-refractivity contribution in [1.29, 1.82) is 0 Å². The molecule has 0 spiro atoms. The summed E-state index contributed by atoms with van der Waals surface area (Å²) in [5.41, 5.74) is 5.53. The van der Waals surface area contributed by atoms with E-state index < -0.39 is 0 Å². The molecule has 1 amide bonds. The summed E-state index contributed by atoms with van der Waals surface area (Å²) in [7, 11) is 3.66. The lowest BCUT2D eigenvalue weighted by atomic mass is 9.85. The van der Waals surface area contributed by atoms with Crippen LogP contribution in [-0.4, -0.2) is 54.8 Å². The molecule has 1 fully saturated rings. The minimum atomic E-state index is 0.133. The third-order valence-electron chi connectivity index (χ3n) is 6.66. The number of carbonyl (C=O) groups is 1. The molecule has 3 heterocycles. The van der Waals surface area contributed by atoms with Crippen LogP contribution in [0.4, 0.5) is 0 Å². The van der Waals surface area contributed by atoms with E-state index in [0.29, 0.717) is 11.9 Å². The van der Waals surface area contributed by atoms with E-state index in [2.05, 4.69) is 31.5 Å². The molecule has 1 aromatic carbocycles. The first-order valence-electron chi connectivity index (χ1n) is 12.0. The van der Waals surface area contributed by atoms with Gasteiger partial charge in [-0.15, -0.1) is 0 Å². The van der Waals surface area contributed by atoms with Crippen LogP contribution in [0, 0.1) is 12.8 Å². The number of aromatic nitrogens is 6. The number of amides is 1. The Balaban J connectivity index is 1.28. The van der Waals surface area contributed by atoms with E-state index in [4.69, 9.17) is 0 Å². The molecule has 3 aromatic heterocycles. The largest absolute Gasteiger partial charge is 0.349 e. The molecule has 178 valence electrons. The van der Waals surface area contributed by atoms with Gasteiger partial charge in [-0.25, -0.2) is 9.97 Å². The van der Waals surface area contributed by atoms with Gasteiger partial charge in [0.2, 0.25) is 5.91 Å².